The minimum absolute atomic E-state index is 0.664. The van der Waals surface area contributed by atoms with Crippen LogP contribution in [0.3, 0.4) is 0 Å². The van der Waals surface area contributed by atoms with Crippen LogP contribution in [0.5, 0.6) is 0 Å². The second kappa shape index (κ2) is 12.8. The van der Waals surface area contributed by atoms with Gasteiger partial charge in [-0.2, -0.15) is 0 Å². The van der Waals surface area contributed by atoms with Gasteiger partial charge in [-0.15, -0.1) is 22.7 Å². The van der Waals surface area contributed by atoms with Crippen LogP contribution in [0.25, 0.3) is 113 Å². The summed E-state index contributed by atoms with van der Waals surface area (Å²) in [5, 5.41) is 7.51. The summed E-state index contributed by atoms with van der Waals surface area (Å²) >= 11 is 3.70. The summed E-state index contributed by atoms with van der Waals surface area (Å²) < 4.78 is 7.47. The van der Waals surface area contributed by atoms with E-state index in [-0.39, 0.29) is 0 Å². The quantitative estimate of drug-likeness (QED) is 0.175. The van der Waals surface area contributed by atoms with Crippen molar-refractivity contribution in [3.63, 3.8) is 0 Å². The number of rotatable bonds is 5. The van der Waals surface area contributed by atoms with Crippen LogP contribution in [0.15, 0.2) is 182 Å². The molecule has 0 radical (unpaired) electrons. The molecule has 0 saturated carbocycles. The lowest BCUT2D eigenvalue weighted by molar-refractivity contribution is 1.08. The number of aromatic nitrogens is 4. The van der Waals surface area contributed by atoms with Crippen LogP contribution >= 0.6 is 22.7 Å². The van der Waals surface area contributed by atoms with Crippen LogP contribution in [0.1, 0.15) is 0 Å². The molecule has 57 heavy (non-hydrogen) atoms. The zero-order chi connectivity index (χ0) is 37.5. The first kappa shape index (κ1) is 32.3. The molecular formula is C51H30N4S2. The van der Waals surface area contributed by atoms with Crippen molar-refractivity contribution in [2.24, 2.45) is 0 Å². The molecule has 0 bridgehead atoms. The molecule has 0 saturated heterocycles. The summed E-state index contributed by atoms with van der Waals surface area (Å²) in [6.07, 6.45) is 0. The molecule has 0 amide bonds. The third kappa shape index (κ3) is 5.15. The van der Waals surface area contributed by atoms with Crippen LogP contribution in [0, 0.1) is 0 Å². The van der Waals surface area contributed by atoms with E-state index in [0.717, 1.165) is 16.7 Å². The van der Waals surface area contributed by atoms with Gasteiger partial charge in [0.05, 0.1) is 21.4 Å². The van der Waals surface area contributed by atoms with Gasteiger partial charge in [-0.3, -0.25) is 0 Å². The predicted octanol–water partition coefficient (Wildman–Crippen LogP) is 14.4. The van der Waals surface area contributed by atoms with Gasteiger partial charge in [0.25, 0.3) is 0 Å². The maximum absolute atomic E-state index is 5.08. The molecule has 0 aliphatic heterocycles. The monoisotopic (exact) mass is 762 g/mol. The molecule has 0 aliphatic rings. The first-order valence-electron chi connectivity index (χ1n) is 19.0. The Hall–Kier alpha value is -6.99. The molecule has 0 fully saturated rings. The smallest absolute Gasteiger partial charge is 0.164 e. The molecule has 4 nitrogen and oxygen atoms in total. The van der Waals surface area contributed by atoms with E-state index in [1.165, 1.54) is 79.0 Å². The van der Waals surface area contributed by atoms with Gasteiger partial charge < -0.3 is 4.57 Å². The van der Waals surface area contributed by atoms with Crippen molar-refractivity contribution in [1.82, 2.24) is 19.5 Å². The van der Waals surface area contributed by atoms with Crippen molar-refractivity contribution in [3.05, 3.63) is 182 Å². The Kier molecular flexibility index (Phi) is 7.24. The van der Waals surface area contributed by atoms with E-state index in [0.29, 0.717) is 17.5 Å². The normalized spacial score (nSPS) is 11.9. The minimum Gasteiger partial charge on any atom is -0.308 e. The van der Waals surface area contributed by atoms with E-state index in [4.69, 9.17) is 15.0 Å². The fourth-order valence-electron chi connectivity index (χ4n) is 8.44. The third-order valence-corrected chi connectivity index (χ3v) is 13.4. The van der Waals surface area contributed by atoms with Crippen molar-refractivity contribution in [3.8, 4) is 51.0 Å². The van der Waals surface area contributed by atoms with Crippen LogP contribution in [0.2, 0.25) is 0 Å². The average molecular weight is 763 g/mol. The number of para-hydroxylation sites is 2. The Labute approximate surface area is 335 Å². The Morgan fingerprint density at radius 3 is 1.56 bits per heavy atom. The van der Waals surface area contributed by atoms with Crippen LogP contribution < -0.4 is 0 Å². The van der Waals surface area contributed by atoms with Crippen molar-refractivity contribution in [2.75, 3.05) is 0 Å². The Morgan fingerprint density at radius 2 is 0.895 bits per heavy atom. The van der Waals surface area contributed by atoms with E-state index in [1.807, 2.05) is 59.1 Å². The lowest BCUT2D eigenvalue weighted by Crippen LogP contribution is -2.00. The Bertz CT molecular complexity index is 3410. The van der Waals surface area contributed by atoms with Gasteiger partial charge >= 0.3 is 0 Å². The van der Waals surface area contributed by atoms with E-state index in [1.54, 1.807) is 0 Å². The maximum atomic E-state index is 5.08. The second-order valence-corrected chi connectivity index (χ2v) is 16.5. The summed E-state index contributed by atoms with van der Waals surface area (Å²) in [6, 6.07) is 64.9. The third-order valence-electron chi connectivity index (χ3n) is 11.1. The number of benzene rings is 8. The topological polar surface area (TPSA) is 43.6 Å². The molecule has 0 atom stereocenters. The molecular weight excluding hydrogens is 733 g/mol. The lowest BCUT2D eigenvalue weighted by Gasteiger charge is -2.09. The average Bonchev–Trinajstić information content (AvgIpc) is 3.96. The fourth-order valence-corrected chi connectivity index (χ4v) is 10.9. The fraction of sp³-hybridized carbons (Fsp3) is 0. The highest BCUT2D eigenvalue weighted by atomic mass is 32.1. The zero-order valence-corrected chi connectivity index (χ0v) is 32.1. The molecule has 0 aliphatic carbocycles. The largest absolute Gasteiger partial charge is 0.308 e. The Balaban J connectivity index is 0.982. The van der Waals surface area contributed by atoms with Gasteiger partial charge in [0, 0.05) is 63.1 Å². The molecule has 266 valence electrons. The molecule has 0 N–H and O–H groups in total. The minimum atomic E-state index is 0.664. The van der Waals surface area contributed by atoms with E-state index < -0.39 is 0 Å². The Morgan fingerprint density at radius 1 is 0.351 bits per heavy atom. The summed E-state index contributed by atoms with van der Waals surface area (Å²) in [6.45, 7) is 0. The van der Waals surface area contributed by atoms with Crippen LogP contribution in [0.4, 0.5) is 0 Å². The molecule has 0 spiro atoms. The highest BCUT2D eigenvalue weighted by Gasteiger charge is 2.19. The second-order valence-electron chi connectivity index (χ2n) is 14.4. The first-order valence-corrected chi connectivity index (χ1v) is 20.7. The van der Waals surface area contributed by atoms with Gasteiger partial charge in [-0.25, -0.2) is 15.0 Å². The van der Waals surface area contributed by atoms with Gasteiger partial charge in [-0.05, 0) is 47.5 Å². The molecule has 0 unspecified atom stereocenters. The molecule has 12 rings (SSSR count). The van der Waals surface area contributed by atoms with E-state index >= 15 is 0 Å². The lowest BCUT2D eigenvalue weighted by atomic mass is 10.0. The standard InChI is InChI=1S/C51H30N4S2/c1-3-13-31(14-4-1)49-52-50(32-15-5-2-6-16-32)54-51(53-49)40-20-12-24-44-47(40)39-28-26-34(30-46(39)56-44)33-25-27-37-38-19-11-23-43(48(38)57-45(37)29-33)55-41-21-9-7-17-35(41)36-18-8-10-22-42(36)55/h1-30H. The molecule has 4 aromatic heterocycles. The molecule has 4 heterocycles. The van der Waals surface area contributed by atoms with E-state index in [2.05, 4.69) is 150 Å². The zero-order valence-electron chi connectivity index (χ0n) is 30.4. The van der Waals surface area contributed by atoms with Gasteiger partial charge in [-0.1, -0.05) is 146 Å². The number of fused-ring (bicyclic) bond motifs is 9. The molecule has 8 aromatic carbocycles. The van der Waals surface area contributed by atoms with Crippen molar-refractivity contribution in [1.29, 1.82) is 0 Å². The predicted molar refractivity (Wildman–Crippen MR) is 242 cm³/mol. The van der Waals surface area contributed by atoms with Crippen molar-refractivity contribution < 1.29 is 0 Å². The van der Waals surface area contributed by atoms with Crippen LogP contribution in [-0.2, 0) is 0 Å². The highest BCUT2D eigenvalue weighted by molar-refractivity contribution is 7.26. The number of hydrogen-bond acceptors (Lipinski definition) is 5. The molecule has 12 aromatic rings. The van der Waals surface area contributed by atoms with Gasteiger partial charge in [0.15, 0.2) is 17.5 Å². The van der Waals surface area contributed by atoms with Crippen molar-refractivity contribution >= 4 is 84.8 Å². The van der Waals surface area contributed by atoms with E-state index in [9.17, 15) is 0 Å². The number of nitrogens with zero attached hydrogens (tertiary/aromatic N) is 4. The van der Waals surface area contributed by atoms with Crippen LogP contribution in [-0.4, -0.2) is 19.5 Å². The van der Waals surface area contributed by atoms with Gasteiger partial charge in [0.1, 0.15) is 0 Å². The maximum Gasteiger partial charge on any atom is 0.164 e. The number of thiophene rings is 2. The summed E-state index contributed by atoms with van der Waals surface area (Å²) in [5.41, 5.74) is 9.03. The SMILES string of the molecule is c1ccc(-c2nc(-c3ccccc3)nc(-c3cccc4sc5cc(-c6ccc7c(c6)sc6c(-n8c9ccccc9c9ccccc98)cccc67)ccc5c34)n2)cc1. The summed E-state index contributed by atoms with van der Waals surface area (Å²) in [7, 11) is 0. The highest BCUT2D eigenvalue weighted by Crippen LogP contribution is 2.44. The summed E-state index contributed by atoms with van der Waals surface area (Å²) in [4.78, 5) is 15.1. The van der Waals surface area contributed by atoms with Gasteiger partial charge in [0.2, 0.25) is 0 Å². The first-order chi connectivity index (χ1) is 28.2. The molecule has 6 heteroatoms. The van der Waals surface area contributed by atoms with Crippen molar-refractivity contribution in [2.45, 2.75) is 0 Å². The summed E-state index contributed by atoms with van der Waals surface area (Å²) in [5.74, 6) is 2.00. The number of hydrogen-bond donors (Lipinski definition) is 0.